The SMILES string of the molecule is CCNc1cc(COC)nc2c(Cl)cc(C)c(Cl)c12. The Labute approximate surface area is 122 Å². The molecule has 0 spiro atoms. The molecule has 0 aliphatic rings. The van der Waals surface area contributed by atoms with Crippen LogP contribution in [0, 0.1) is 6.92 Å². The van der Waals surface area contributed by atoms with Crippen molar-refractivity contribution in [2.75, 3.05) is 19.0 Å². The van der Waals surface area contributed by atoms with Gasteiger partial charge in [-0.1, -0.05) is 23.2 Å². The van der Waals surface area contributed by atoms with E-state index in [4.69, 9.17) is 27.9 Å². The van der Waals surface area contributed by atoms with Crippen LogP contribution in [-0.4, -0.2) is 18.6 Å². The summed E-state index contributed by atoms with van der Waals surface area (Å²) in [5.41, 5.74) is 3.42. The molecule has 19 heavy (non-hydrogen) atoms. The molecule has 0 saturated heterocycles. The molecule has 3 nitrogen and oxygen atoms in total. The quantitative estimate of drug-likeness (QED) is 0.907. The Balaban J connectivity index is 2.78. The molecular weight excluding hydrogens is 283 g/mol. The number of aromatic nitrogens is 1. The fraction of sp³-hybridized carbons (Fsp3) is 0.357. The van der Waals surface area contributed by atoms with Gasteiger partial charge in [0.2, 0.25) is 0 Å². The molecule has 0 radical (unpaired) electrons. The van der Waals surface area contributed by atoms with Crippen molar-refractivity contribution in [3.8, 4) is 0 Å². The van der Waals surface area contributed by atoms with Gasteiger partial charge in [-0.05, 0) is 31.5 Å². The number of halogens is 2. The molecule has 102 valence electrons. The van der Waals surface area contributed by atoms with Gasteiger partial charge in [0.15, 0.2) is 0 Å². The van der Waals surface area contributed by atoms with Gasteiger partial charge in [-0.2, -0.15) is 0 Å². The molecule has 0 unspecified atom stereocenters. The van der Waals surface area contributed by atoms with Crippen LogP contribution < -0.4 is 5.32 Å². The first-order valence-electron chi connectivity index (χ1n) is 6.09. The number of aryl methyl sites for hydroxylation is 1. The summed E-state index contributed by atoms with van der Waals surface area (Å²) in [6.07, 6.45) is 0. The van der Waals surface area contributed by atoms with Crippen molar-refractivity contribution in [1.82, 2.24) is 4.98 Å². The van der Waals surface area contributed by atoms with Crippen LogP contribution in [0.4, 0.5) is 5.69 Å². The summed E-state index contributed by atoms with van der Waals surface area (Å²) in [5, 5.41) is 5.47. The van der Waals surface area contributed by atoms with Crippen LogP contribution in [0.2, 0.25) is 10.0 Å². The summed E-state index contributed by atoms with van der Waals surface area (Å²) in [6, 6.07) is 3.79. The van der Waals surface area contributed by atoms with Crippen LogP contribution in [0.5, 0.6) is 0 Å². The fourth-order valence-electron chi connectivity index (χ4n) is 2.06. The molecule has 0 bridgehead atoms. The lowest BCUT2D eigenvalue weighted by Crippen LogP contribution is -2.02. The highest BCUT2D eigenvalue weighted by molar-refractivity contribution is 6.41. The van der Waals surface area contributed by atoms with E-state index in [-0.39, 0.29) is 0 Å². The number of ether oxygens (including phenoxy) is 1. The third kappa shape index (κ3) is 2.78. The average Bonchev–Trinajstić information content (AvgIpc) is 2.36. The van der Waals surface area contributed by atoms with Gasteiger partial charge in [-0.25, -0.2) is 4.98 Å². The first-order chi connectivity index (χ1) is 9.08. The molecular formula is C14H16Cl2N2O. The van der Waals surface area contributed by atoms with E-state index in [1.165, 1.54) is 0 Å². The summed E-state index contributed by atoms with van der Waals surface area (Å²) >= 11 is 12.7. The highest BCUT2D eigenvalue weighted by atomic mass is 35.5. The number of pyridine rings is 1. The van der Waals surface area contributed by atoms with Gasteiger partial charge in [0.25, 0.3) is 0 Å². The van der Waals surface area contributed by atoms with E-state index >= 15 is 0 Å². The Morgan fingerprint density at radius 2 is 2.05 bits per heavy atom. The zero-order valence-electron chi connectivity index (χ0n) is 11.2. The number of nitrogens with zero attached hydrogens (tertiary/aromatic N) is 1. The number of nitrogens with one attached hydrogen (secondary N) is 1. The van der Waals surface area contributed by atoms with E-state index in [1.807, 2.05) is 26.0 Å². The molecule has 2 rings (SSSR count). The van der Waals surface area contributed by atoms with Crippen molar-refractivity contribution in [2.24, 2.45) is 0 Å². The molecule has 0 saturated carbocycles. The monoisotopic (exact) mass is 298 g/mol. The van der Waals surface area contributed by atoms with Crippen molar-refractivity contribution >= 4 is 39.8 Å². The van der Waals surface area contributed by atoms with E-state index in [0.29, 0.717) is 22.2 Å². The van der Waals surface area contributed by atoms with Crippen LogP contribution >= 0.6 is 23.2 Å². The summed E-state index contributed by atoms with van der Waals surface area (Å²) in [4.78, 5) is 4.53. The maximum atomic E-state index is 6.40. The molecule has 0 fully saturated rings. The second-order valence-corrected chi connectivity index (χ2v) is 5.12. The number of hydrogen-bond acceptors (Lipinski definition) is 3. The third-order valence-corrected chi connectivity index (χ3v) is 3.64. The van der Waals surface area contributed by atoms with E-state index in [0.717, 1.165) is 28.9 Å². The lowest BCUT2D eigenvalue weighted by atomic mass is 10.1. The number of anilines is 1. The fourth-order valence-corrected chi connectivity index (χ4v) is 2.61. The molecule has 1 aromatic heterocycles. The highest BCUT2D eigenvalue weighted by Gasteiger charge is 2.14. The third-order valence-electron chi connectivity index (χ3n) is 2.87. The normalized spacial score (nSPS) is 11.0. The average molecular weight is 299 g/mol. The van der Waals surface area contributed by atoms with E-state index in [9.17, 15) is 0 Å². The van der Waals surface area contributed by atoms with Crippen LogP contribution in [0.3, 0.4) is 0 Å². The smallest absolute Gasteiger partial charge is 0.0928 e. The van der Waals surface area contributed by atoms with Crippen molar-refractivity contribution < 1.29 is 4.74 Å². The van der Waals surface area contributed by atoms with Gasteiger partial charge in [-0.15, -0.1) is 0 Å². The predicted octanol–water partition coefficient (Wildman–Crippen LogP) is 4.43. The molecule has 1 heterocycles. The minimum absolute atomic E-state index is 0.441. The zero-order chi connectivity index (χ0) is 14.0. The lowest BCUT2D eigenvalue weighted by Gasteiger charge is -2.14. The first-order valence-corrected chi connectivity index (χ1v) is 6.85. The molecule has 2 aromatic rings. The molecule has 0 aliphatic carbocycles. The van der Waals surface area contributed by atoms with Crippen molar-refractivity contribution in [3.05, 3.63) is 33.4 Å². The standard InChI is InChI=1S/C14H16Cl2N2O/c1-4-17-11-6-9(7-19-3)18-14-10(15)5-8(2)13(16)12(11)14/h5-6H,4,7H2,1-3H3,(H,17,18). The summed E-state index contributed by atoms with van der Waals surface area (Å²) in [5.74, 6) is 0. The van der Waals surface area contributed by atoms with Gasteiger partial charge in [0.1, 0.15) is 0 Å². The second-order valence-electron chi connectivity index (χ2n) is 4.34. The van der Waals surface area contributed by atoms with Gasteiger partial charge >= 0.3 is 0 Å². The van der Waals surface area contributed by atoms with E-state index < -0.39 is 0 Å². The van der Waals surface area contributed by atoms with Crippen LogP contribution in [0.25, 0.3) is 10.9 Å². The van der Waals surface area contributed by atoms with Crippen LogP contribution in [-0.2, 0) is 11.3 Å². The van der Waals surface area contributed by atoms with Gasteiger partial charge in [0.05, 0.1) is 27.9 Å². The Kier molecular flexibility index (Phi) is 4.50. The van der Waals surface area contributed by atoms with Crippen molar-refractivity contribution in [3.63, 3.8) is 0 Å². The maximum absolute atomic E-state index is 6.40. The van der Waals surface area contributed by atoms with Crippen LogP contribution in [0.15, 0.2) is 12.1 Å². The second kappa shape index (κ2) is 5.95. The minimum atomic E-state index is 0.441. The molecule has 0 amide bonds. The number of fused-ring (bicyclic) bond motifs is 1. The number of hydrogen-bond donors (Lipinski definition) is 1. The molecule has 0 aliphatic heterocycles. The number of rotatable bonds is 4. The Bertz CT molecular complexity index is 614. The summed E-state index contributed by atoms with van der Waals surface area (Å²) in [7, 11) is 1.64. The number of benzene rings is 1. The van der Waals surface area contributed by atoms with Crippen molar-refractivity contribution in [2.45, 2.75) is 20.5 Å². The highest BCUT2D eigenvalue weighted by Crippen LogP contribution is 2.36. The summed E-state index contributed by atoms with van der Waals surface area (Å²) in [6.45, 7) is 5.21. The van der Waals surface area contributed by atoms with E-state index in [1.54, 1.807) is 7.11 Å². The van der Waals surface area contributed by atoms with E-state index in [2.05, 4.69) is 10.3 Å². The minimum Gasteiger partial charge on any atom is -0.385 e. The number of methoxy groups -OCH3 is 1. The molecule has 1 aromatic carbocycles. The van der Waals surface area contributed by atoms with Gasteiger partial charge < -0.3 is 10.1 Å². The van der Waals surface area contributed by atoms with Crippen molar-refractivity contribution in [1.29, 1.82) is 0 Å². The predicted molar refractivity (Wildman–Crippen MR) is 81.4 cm³/mol. The summed E-state index contributed by atoms with van der Waals surface area (Å²) < 4.78 is 5.14. The molecule has 1 N–H and O–H groups in total. The first kappa shape index (κ1) is 14.4. The molecule has 5 heteroatoms. The Hall–Kier alpha value is -1.03. The van der Waals surface area contributed by atoms with Gasteiger partial charge in [0, 0.05) is 24.7 Å². The topological polar surface area (TPSA) is 34.1 Å². The lowest BCUT2D eigenvalue weighted by molar-refractivity contribution is 0.182. The maximum Gasteiger partial charge on any atom is 0.0928 e. The zero-order valence-corrected chi connectivity index (χ0v) is 12.7. The largest absolute Gasteiger partial charge is 0.385 e. The van der Waals surface area contributed by atoms with Gasteiger partial charge in [-0.3, -0.25) is 0 Å². The Morgan fingerprint density at radius 1 is 1.32 bits per heavy atom. The Morgan fingerprint density at radius 3 is 2.68 bits per heavy atom. The molecule has 0 atom stereocenters. The van der Waals surface area contributed by atoms with Crippen LogP contribution in [0.1, 0.15) is 18.2 Å².